The minimum Gasteiger partial charge on any atom is -0.369 e. The van der Waals surface area contributed by atoms with Crippen molar-refractivity contribution < 1.29 is 13.2 Å². The van der Waals surface area contributed by atoms with Crippen molar-refractivity contribution >= 4 is 29.0 Å². The van der Waals surface area contributed by atoms with Gasteiger partial charge in [0.15, 0.2) is 0 Å². The summed E-state index contributed by atoms with van der Waals surface area (Å²) < 4.78 is 41.0. The number of alkyl halides is 3. The van der Waals surface area contributed by atoms with Gasteiger partial charge in [0.25, 0.3) is 0 Å². The summed E-state index contributed by atoms with van der Waals surface area (Å²) in [6.45, 7) is 0.668. The first-order chi connectivity index (χ1) is 12.4. The Kier molecular flexibility index (Phi) is 4.12. The highest BCUT2D eigenvalue weighted by atomic mass is 35.5. The minimum atomic E-state index is -4.45. The summed E-state index contributed by atoms with van der Waals surface area (Å²) in [5, 5.41) is 8.47. The first-order valence-corrected chi connectivity index (χ1v) is 8.59. The standard InChI is InChI=1S/C18H12Cl2F3N3/c19-13-6-5-10(18(21,22)23)9-12(13)16-11-7-8-24-17(11)26(25-16)15-4-2-1-3-14(15)20/h1-6,9,24H,7-8H2. The van der Waals surface area contributed by atoms with Gasteiger partial charge in [-0.05, 0) is 36.8 Å². The fourth-order valence-corrected chi connectivity index (χ4v) is 3.49. The van der Waals surface area contributed by atoms with Crippen LogP contribution in [0.15, 0.2) is 42.5 Å². The number of fused-ring (bicyclic) bond motifs is 1. The van der Waals surface area contributed by atoms with E-state index in [4.69, 9.17) is 23.2 Å². The molecule has 0 spiro atoms. The monoisotopic (exact) mass is 397 g/mol. The maximum Gasteiger partial charge on any atom is 0.416 e. The van der Waals surface area contributed by atoms with Crippen molar-refractivity contribution in [2.75, 3.05) is 11.9 Å². The lowest BCUT2D eigenvalue weighted by molar-refractivity contribution is -0.137. The predicted molar refractivity (Wildman–Crippen MR) is 96.2 cm³/mol. The van der Waals surface area contributed by atoms with Crippen molar-refractivity contribution in [2.45, 2.75) is 12.6 Å². The Hall–Kier alpha value is -2.18. The summed E-state index contributed by atoms with van der Waals surface area (Å²) in [4.78, 5) is 0. The zero-order valence-corrected chi connectivity index (χ0v) is 14.8. The van der Waals surface area contributed by atoms with Crippen LogP contribution >= 0.6 is 23.2 Å². The van der Waals surface area contributed by atoms with Crippen LogP contribution in [0.3, 0.4) is 0 Å². The number of halogens is 5. The van der Waals surface area contributed by atoms with Crippen LogP contribution < -0.4 is 5.32 Å². The summed E-state index contributed by atoms with van der Waals surface area (Å²) in [6, 6.07) is 10.4. The maximum absolute atomic E-state index is 13.1. The summed E-state index contributed by atoms with van der Waals surface area (Å²) in [6.07, 6.45) is -3.81. The predicted octanol–water partition coefficient (Wildman–Crippen LogP) is 5.83. The lowest BCUT2D eigenvalue weighted by atomic mass is 10.0. The van der Waals surface area contributed by atoms with Gasteiger partial charge < -0.3 is 5.32 Å². The molecule has 0 unspecified atom stereocenters. The molecule has 0 amide bonds. The smallest absolute Gasteiger partial charge is 0.369 e. The van der Waals surface area contributed by atoms with Gasteiger partial charge in [-0.1, -0.05) is 35.3 Å². The first-order valence-electron chi connectivity index (χ1n) is 7.84. The Morgan fingerprint density at radius 3 is 2.54 bits per heavy atom. The molecule has 0 aliphatic carbocycles. The van der Waals surface area contributed by atoms with E-state index in [1.807, 2.05) is 6.07 Å². The summed E-state index contributed by atoms with van der Waals surface area (Å²) in [5.74, 6) is 0.724. The third kappa shape index (κ3) is 2.83. The van der Waals surface area contributed by atoms with Crippen molar-refractivity contribution in [3.8, 4) is 16.9 Å². The average Bonchev–Trinajstić information content (AvgIpc) is 3.18. The van der Waals surface area contributed by atoms with E-state index in [0.717, 1.165) is 23.5 Å². The molecule has 0 fully saturated rings. The van der Waals surface area contributed by atoms with Crippen molar-refractivity contribution in [3.63, 3.8) is 0 Å². The second-order valence-electron chi connectivity index (χ2n) is 5.91. The van der Waals surface area contributed by atoms with Crippen LogP contribution in [0.4, 0.5) is 19.0 Å². The highest BCUT2D eigenvalue weighted by Crippen LogP contribution is 2.41. The Morgan fingerprint density at radius 2 is 1.81 bits per heavy atom. The summed E-state index contributed by atoms with van der Waals surface area (Å²) >= 11 is 12.5. The zero-order chi connectivity index (χ0) is 18.5. The van der Waals surface area contributed by atoms with E-state index in [2.05, 4.69) is 10.4 Å². The summed E-state index contributed by atoms with van der Waals surface area (Å²) in [7, 11) is 0. The van der Waals surface area contributed by atoms with Gasteiger partial charge in [0, 0.05) is 17.7 Å². The van der Waals surface area contributed by atoms with Crippen molar-refractivity contribution in [2.24, 2.45) is 0 Å². The second-order valence-corrected chi connectivity index (χ2v) is 6.72. The second kappa shape index (κ2) is 6.21. The number of para-hydroxylation sites is 1. The highest BCUT2D eigenvalue weighted by molar-refractivity contribution is 6.33. The van der Waals surface area contributed by atoms with Crippen LogP contribution in [0.5, 0.6) is 0 Å². The molecule has 4 rings (SSSR count). The van der Waals surface area contributed by atoms with Crippen LogP contribution in [-0.2, 0) is 12.6 Å². The number of nitrogens with one attached hydrogen (secondary N) is 1. The quantitative estimate of drug-likeness (QED) is 0.589. The van der Waals surface area contributed by atoms with E-state index in [0.29, 0.717) is 29.4 Å². The van der Waals surface area contributed by atoms with Crippen molar-refractivity contribution in [1.82, 2.24) is 9.78 Å². The molecule has 1 aromatic heterocycles. The number of aromatic nitrogens is 2. The fraction of sp³-hybridized carbons (Fsp3) is 0.167. The molecule has 8 heteroatoms. The molecular weight excluding hydrogens is 386 g/mol. The van der Waals surface area contributed by atoms with Crippen LogP contribution in [-0.4, -0.2) is 16.3 Å². The van der Waals surface area contributed by atoms with E-state index in [1.54, 1.807) is 22.9 Å². The molecule has 0 radical (unpaired) electrons. The third-order valence-electron chi connectivity index (χ3n) is 4.28. The average molecular weight is 398 g/mol. The van der Waals surface area contributed by atoms with Crippen molar-refractivity contribution in [1.29, 1.82) is 0 Å². The molecule has 3 nitrogen and oxygen atoms in total. The molecule has 2 heterocycles. The van der Waals surface area contributed by atoms with Crippen LogP contribution in [0.2, 0.25) is 10.0 Å². The van der Waals surface area contributed by atoms with E-state index >= 15 is 0 Å². The largest absolute Gasteiger partial charge is 0.416 e. The molecule has 0 saturated heterocycles. The number of nitrogens with zero attached hydrogens (tertiary/aromatic N) is 2. The molecule has 134 valence electrons. The maximum atomic E-state index is 13.1. The summed E-state index contributed by atoms with van der Waals surface area (Å²) in [5.41, 5.74) is 1.40. The lowest BCUT2D eigenvalue weighted by Gasteiger charge is -2.10. The minimum absolute atomic E-state index is 0.219. The highest BCUT2D eigenvalue weighted by Gasteiger charge is 2.32. The van der Waals surface area contributed by atoms with Gasteiger partial charge >= 0.3 is 6.18 Å². The van der Waals surface area contributed by atoms with Gasteiger partial charge in [0.05, 0.1) is 27.0 Å². The molecule has 26 heavy (non-hydrogen) atoms. The SMILES string of the molecule is FC(F)(F)c1ccc(Cl)c(-c2nn(-c3ccccc3Cl)c3c2CCN3)c1. The van der Waals surface area contributed by atoms with E-state index in [-0.39, 0.29) is 10.6 Å². The van der Waals surface area contributed by atoms with Gasteiger partial charge in [-0.15, -0.1) is 0 Å². The molecule has 0 atom stereocenters. The van der Waals surface area contributed by atoms with Crippen LogP contribution in [0, 0.1) is 0 Å². The number of rotatable bonds is 2. The van der Waals surface area contributed by atoms with Gasteiger partial charge in [-0.2, -0.15) is 18.3 Å². The molecule has 0 saturated carbocycles. The van der Waals surface area contributed by atoms with Crippen LogP contribution in [0.25, 0.3) is 16.9 Å². The lowest BCUT2D eigenvalue weighted by Crippen LogP contribution is -2.06. The van der Waals surface area contributed by atoms with Gasteiger partial charge in [-0.3, -0.25) is 0 Å². The topological polar surface area (TPSA) is 29.9 Å². The number of anilines is 1. The number of hydrogen-bond donors (Lipinski definition) is 1. The Morgan fingerprint density at radius 1 is 1.04 bits per heavy atom. The first kappa shape index (κ1) is 17.2. The molecule has 1 aliphatic heterocycles. The van der Waals surface area contributed by atoms with E-state index in [9.17, 15) is 13.2 Å². The third-order valence-corrected chi connectivity index (χ3v) is 4.93. The van der Waals surface area contributed by atoms with Crippen molar-refractivity contribution in [3.05, 3.63) is 63.6 Å². The molecule has 0 bridgehead atoms. The van der Waals surface area contributed by atoms with Gasteiger partial charge in [0.1, 0.15) is 5.82 Å². The molecule has 1 N–H and O–H groups in total. The molecule has 1 aliphatic rings. The fourth-order valence-electron chi connectivity index (χ4n) is 3.07. The Bertz CT molecular complexity index is 996. The zero-order valence-electron chi connectivity index (χ0n) is 13.2. The van der Waals surface area contributed by atoms with Crippen LogP contribution in [0.1, 0.15) is 11.1 Å². The Labute approximate surface area is 157 Å². The number of benzene rings is 2. The molecule has 3 aromatic rings. The van der Waals surface area contributed by atoms with E-state index < -0.39 is 11.7 Å². The van der Waals surface area contributed by atoms with Gasteiger partial charge in [-0.25, -0.2) is 4.68 Å². The molecule has 2 aromatic carbocycles. The molecular formula is C18H12Cl2F3N3. The normalized spacial score (nSPS) is 13.6. The Balaban J connectivity index is 1.93. The van der Waals surface area contributed by atoms with E-state index in [1.165, 1.54) is 6.07 Å². The number of hydrogen-bond acceptors (Lipinski definition) is 2. The van der Waals surface area contributed by atoms with Gasteiger partial charge in [0.2, 0.25) is 0 Å².